The highest BCUT2D eigenvalue weighted by atomic mass is 16.6. The zero-order chi connectivity index (χ0) is 12.0. The van der Waals surface area contributed by atoms with Crippen molar-refractivity contribution in [3.63, 3.8) is 0 Å². The van der Waals surface area contributed by atoms with Crippen LogP contribution in [-0.2, 0) is 0 Å². The molecule has 0 aromatic heterocycles. The first kappa shape index (κ1) is 12.1. The third kappa shape index (κ3) is 2.99. The van der Waals surface area contributed by atoms with Crippen LogP contribution in [0, 0.1) is 29.4 Å². The van der Waals surface area contributed by atoms with Gasteiger partial charge in [-0.2, -0.15) is 0 Å². The molecule has 1 rings (SSSR count). The minimum Gasteiger partial charge on any atom is -0.487 e. The quantitative estimate of drug-likeness (QED) is 0.331. The maximum absolute atomic E-state index is 10.8. The Balaban J connectivity index is 2.77. The Morgan fingerprint density at radius 3 is 2.94 bits per heavy atom. The van der Waals surface area contributed by atoms with Crippen LogP contribution in [-0.4, -0.2) is 11.5 Å². The molecule has 1 aromatic carbocycles. The van der Waals surface area contributed by atoms with E-state index >= 15 is 0 Å². The summed E-state index contributed by atoms with van der Waals surface area (Å²) in [4.78, 5) is 10.3. The second-order valence-corrected chi connectivity index (χ2v) is 3.34. The van der Waals surface area contributed by atoms with Gasteiger partial charge in [-0.1, -0.05) is 12.1 Å². The topological polar surface area (TPSA) is 52.4 Å². The molecular weight excluding hydrogens is 206 g/mol. The summed E-state index contributed by atoms with van der Waals surface area (Å²) in [6, 6.07) is 4.86. The van der Waals surface area contributed by atoms with Gasteiger partial charge in [-0.15, -0.1) is 12.3 Å². The zero-order valence-corrected chi connectivity index (χ0v) is 9.10. The van der Waals surface area contributed by atoms with Gasteiger partial charge in [0.25, 0.3) is 0 Å². The van der Waals surface area contributed by atoms with Gasteiger partial charge < -0.3 is 4.74 Å². The molecule has 0 aliphatic carbocycles. The molecule has 0 unspecified atom stereocenters. The third-order valence-electron chi connectivity index (χ3n) is 2.10. The van der Waals surface area contributed by atoms with Crippen molar-refractivity contribution in [2.75, 3.05) is 6.61 Å². The summed E-state index contributed by atoms with van der Waals surface area (Å²) in [6.07, 6.45) is 6.41. The van der Waals surface area contributed by atoms with Crippen LogP contribution in [0.4, 0.5) is 5.69 Å². The molecule has 0 saturated heterocycles. The van der Waals surface area contributed by atoms with Gasteiger partial charge in [0.1, 0.15) is 0 Å². The number of unbranched alkanes of at least 4 members (excludes halogenated alkanes) is 1. The monoisotopic (exact) mass is 219 g/mol. The van der Waals surface area contributed by atoms with Gasteiger partial charge in [-0.25, -0.2) is 0 Å². The average Bonchev–Trinajstić information content (AvgIpc) is 2.25. The molecule has 84 valence electrons. The fourth-order valence-electron chi connectivity index (χ4n) is 1.32. The molecule has 4 heteroatoms. The fraction of sp³-hybridized carbons (Fsp3) is 0.333. The van der Waals surface area contributed by atoms with E-state index in [1.54, 1.807) is 19.1 Å². The molecule has 16 heavy (non-hydrogen) atoms. The van der Waals surface area contributed by atoms with E-state index in [-0.39, 0.29) is 5.69 Å². The first-order valence-electron chi connectivity index (χ1n) is 4.97. The summed E-state index contributed by atoms with van der Waals surface area (Å²) in [6.45, 7) is 2.18. The summed E-state index contributed by atoms with van der Waals surface area (Å²) in [5.41, 5.74) is 0.760. The van der Waals surface area contributed by atoms with Crippen molar-refractivity contribution in [3.05, 3.63) is 33.9 Å². The first-order chi connectivity index (χ1) is 7.66. The maximum atomic E-state index is 10.8. The van der Waals surface area contributed by atoms with Crippen LogP contribution in [0.25, 0.3) is 0 Å². The summed E-state index contributed by atoms with van der Waals surface area (Å²) in [7, 11) is 0. The molecule has 4 nitrogen and oxygen atoms in total. The van der Waals surface area contributed by atoms with Crippen molar-refractivity contribution in [2.24, 2.45) is 0 Å². The van der Waals surface area contributed by atoms with Gasteiger partial charge in [0, 0.05) is 12.5 Å². The van der Waals surface area contributed by atoms with Gasteiger partial charge >= 0.3 is 5.69 Å². The molecule has 0 fully saturated rings. The van der Waals surface area contributed by atoms with E-state index in [1.165, 1.54) is 6.07 Å². The largest absolute Gasteiger partial charge is 0.487 e. The molecule has 1 aromatic rings. The minimum atomic E-state index is -0.441. The number of ether oxygens (including phenoxy) is 1. The number of benzene rings is 1. The SMILES string of the molecule is C#CCCCOc1c(C)cccc1[N+](=O)[O-]. The lowest BCUT2D eigenvalue weighted by Crippen LogP contribution is -2.01. The maximum Gasteiger partial charge on any atom is 0.311 e. The van der Waals surface area contributed by atoms with E-state index < -0.39 is 4.92 Å². The number of aryl methyl sites for hydroxylation is 1. The summed E-state index contributed by atoms with van der Waals surface area (Å²) >= 11 is 0. The van der Waals surface area contributed by atoms with Crippen molar-refractivity contribution < 1.29 is 9.66 Å². The Bertz CT molecular complexity index is 421. The van der Waals surface area contributed by atoms with Crippen LogP contribution in [0.1, 0.15) is 18.4 Å². The Labute approximate surface area is 94.4 Å². The number of hydrogen-bond acceptors (Lipinski definition) is 3. The molecule has 0 bridgehead atoms. The third-order valence-corrected chi connectivity index (χ3v) is 2.10. The molecule has 0 radical (unpaired) electrons. The van der Waals surface area contributed by atoms with Crippen LogP contribution in [0.3, 0.4) is 0 Å². The lowest BCUT2D eigenvalue weighted by Gasteiger charge is -2.08. The molecule has 0 heterocycles. The molecular formula is C12H13NO3. The highest BCUT2D eigenvalue weighted by Gasteiger charge is 2.16. The van der Waals surface area contributed by atoms with E-state index in [0.29, 0.717) is 25.2 Å². The van der Waals surface area contributed by atoms with Crippen LogP contribution in [0.2, 0.25) is 0 Å². The van der Waals surface area contributed by atoms with Crippen LogP contribution in [0.15, 0.2) is 18.2 Å². The highest BCUT2D eigenvalue weighted by Crippen LogP contribution is 2.30. The Kier molecular flexibility index (Phi) is 4.34. The number of nitro benzene ring substituents is 1. The van der Waals surface area contributed by atoms with Crippen molar-refractivity contribution >= 4 is 5.69 Å². The Morgan fingerprint density at radius 1 is 1.56 bits per heavy atom. The number of nitro groups is 1. The predicted molar refractivity (Wildman–Crippen MR) is 61.4 cm³/mol. The number of rotatable bonds is 5. The van der Waals surface area contributed by atoms with Crippen molar-refractivity contribution in [1.82, 2.24) is 0 Å². The van der Waals surface area contributed by atoms with E-state index in [0.717, 1.165) is 5.56 Å². The Hall–Kier alpha value is -2.02. The van der Waals surface area contributed by atoms with Gasteiger partial charge in [0.15, 0.2) is 5.75 Å². The van der Waals surface area contributed by atoms with Crippen molar-refractivity contribution in [1.29, 1.82) is 0 Å². The predicted octanol–water partition coefficient (Wildman–Crippen LogP) is 2.70. The van der Waals surface area contributed by atoms with Gasteiger partial charge in [-0.3, -0.25) is 10.1 Å². The standard InChI is InChI=1S/C12H13NO3/c1-3-4-5-9-16-12-10(2)7-6-8-11(12)13(14)15/h1,6-8H,4-5,9H2,2H3. The summed E-state index contributed by atoms with van der Waals surface area (Å²) in [5, 5.41) is 10.8. The number of para-hydroxylation sites is 1. The number of terminal acetylenes is 1. The van der Waals surface area contributed by atoms with E-state index in [2.05, 4.69) is 5.92 Å². The van der Waals surface area contributed by atoms with Gasteiger partial charge in [0.2, 0.25) is 0 Å². The number of nitrogens with zero attached hydrogens (tertiary/aromatic N) is 1. The van der Waals surface area contributed by atoms with Gasteiger partial charge in [0.05, 0.1) is 11.5 Å². The lowest BCUT2D eigenvalue weighted by molar-refractivity contribution is -0.385. The average molecular weight is 219 g/mol. The van der Waals surface area contributed by atoms with Crippen LogP contribution >= 0.6 is 0 Å². The number of hydrogen-bond donors (Lipinski definition) is 0. The van der Waals surface area contributed by atoms with Crippen LogP contribution in [0.5, 0.6) is 5.75 Å². The fourth-order valence-corrected chi connectivity index (χ4v) is 1.32. The van der Waals surface area contributed by atoms with Crippen molar-refractivity contribution in [3.8, 4) is 18.1 Å². The van der Waals surface area contributed by atoms with E-state index in [1.807, 2.05) is 0 Å². The molecule has 0 saturated carbocycles. The zero-order valence-electron chi connectivity index (χ0n) is 9.10. The smallest absolute Gasteiger partial charge is 0.311 e. The second-order valence-electron chi connectivity index (χ2n) is 3.34. The molecule has 0 atom stereocenters. The van der Waals surface area contributed by atoms with Gasteiger partial charge in [-0.05, 0) is 18.9 Å². The summed E-state index contributed by atoms with van der Waals surface area (Å²) < 4.78 is 5.39. The lowest BCUT2D eigenvalue weighted by atomic mass is 10.2. The second kappa shape index (κ2) is 5.76. The first-order valence-corrected chi connectivity index (χ1v) is 4.97. The van der Waals surface area contributed by atoms with E-state index in [4.69, 9.17) is 11.2 Å². The minimum absolute atomic E-state index is 0.000655. The molecule has 0 spiro atoms. The molecule has 0 N–H and O–H groups in total. The Morgan fingerprint density at radius 2 is 2.31 bits per heavy atom. The highest BCUT2D eigenvalue weighted by molar-refractivity contribution is 5.51. The molecule has 0 amide bonds. The van der Waals surface area contributed by atoms with Crippen molar-refractivity contribution in [2.45, 2.75) is 19.8 Å². The molecule has 0 aliphatic heterocycles. The summed E-state index contributed by atoms with van der Waals surface area (Å²) in [5.74, 6) is 2.83. The molecule has 0 aliphatic rings. The van der Waals surface area contributed by atoms with Crippen LogP contribution < -0.4 is 4.74 Å². The normalized spacial score (nSPS) is 9.50. The van der Waals surface area contributed by atoms with E-state index in [9.17, 15) is 10.1 Å².